The van der Waals surface area contributed by atoms with Crippen LogP contribution < -0.4 is 10.0 Å². The van der Waals surface area contributed by atoms with Gasteiger partial charge in [-0.15, -0.1) is 0 Å². The van der Waals surface area contributed by atoms with Crippen LogP contribution in [-0.4, -0.2) is 28.6 Å². The minimum Gasteiger partial charge on any atom is -0.320 e. The predicted molar refractivity (Wildman–Crippen MR) is 85.6 cm³/mol. The molecule has 0 atom stereocenters. The van der Waals surface area contributed by atoms with E-state index in [0.717, 1.165) is 24.1 Å². The molecule has 0 aliphatic carbocycles. The Hall–Kier alpha value is -1.69. The van der Waals surface area contributed by atoms with E-state index in [0.29, 0.717) is 11.4 Å². The molecule has 0 aliphatic rings. The van der Waals surface area contributed by atoms with Crippen LogP contribution in [0.4, 0.5) is 0 Å². The van der Waals surface area contributed by atoms with Gasteiger partial charge in [-0.2, -0.15) is 0 Å². The highest BCUT2D eigenvalue weighted by molar-refractivity contribution is 7.89. The summed E-state index contributed by atoms with van der Waals surface area (Å²) < 4.78 is 27.6. The molecule has 0 aromatic heterocycles. The zero-order valence-corrected chi connectivity index (χ0v) is 12.9. The van der Waals surface area contributed by atoms with Crippen molar-refractivity contribution in [1.82, 2.24) is 10.0 Å². The average molecular weight is 304 g/mol. The fraction of sp³-hybridized carbons (Fsp3) is 0.250. The van der Waals surface area contributed by atoms with E-state index in [9.17, 15) is 8.42 Å². The normalized spacial score (nSPS) is 11.5. The van der Waals surface area contributed by atoms with E-state index in [1.165, 1.54) is 0 Å². The topological polar surface area (TPSA) is 58.2 Å². The van der Waals surface area contributed by atoms with Crippen LogP contribution in [0.25, 0.3) is 11.1 Å². The maximum Gasteiger partial charge on any atom is 0.241 e. The molecule has 2 rings (SSSR count). The van der Waals surface area contributed by atoms with Crippen molar-refractivity contribution in [3.63, 3.8) is 0 Å². The Morgan fingerprint density at radius 1 is 0.905 bits per heavy atom. The molecule has 112 valence electrons. The molecule has 2 aromatic rings. The van der Waals surface area contributed by atoms with Crippen molar-refractivity contribution in [2.75, 3.05) is 20.1 Å². The van der Waals surface area contributed by atoms with Crippen molar-refractivity contribution in [3.05, 3.63) is 54.6 Å². The van der Waals surface area contributed by atoms with Crippen LogP contribution in [0.5, 0.6) is 0 Å². The molecule has 0 aliphatic heterocycles. The lowest BCUT2D eigenvalue weighted by molar-refractivity contribution is 0.577. The predicted octanol–water partition coefficient (Wildman–Crippen LogP) is 2.24. The summed E-state index contributed by atoms with van der Waals surface area (Å²) in [6, 6.07) is 16.6. The van der Waals surface area contributed by atoms with Gasteiger partial charge >= 0.3 is 0 Å². The summed E-state index contributed by atoms with van der Waals surface area (Å²) in [4.78, 5) is 0.320. The standard InChI is InChI=1S/C16H20N2O2S/c1-17-12-7-13-18-21(19,20)16-11-6-5-10-15(16)14-8-3-2-4-9-14/h2-6,8-11,17-18H,7,12-13H2,1H3. The minimum atomic E-state index is -3.50. The Morgan fingerprint density at radius 2 is 1.57 bits per heavy atom. The molecule has 0 saturated heterocycles. The van der Waals surface area contributed by atoms with E-state index in [2.05, 4.69) is 10.0 Å². The van der Waals surface area contributed by atoms with Crippen molar-refractivity contribution < 1.29 is 8.42 Å². The van der Waals surface area contributed by atoms with E-state index >= 15 is 0 Å². The van der Waals surface area contributed by atoms with Crippen LogP contribution in [0.1, 0.15) is 6.42 Å². The van der Waals surface area contributed by atoms with E-state index in [-0.39, 0.29) is 0 Å². The number of hydrogen-bond acceptors (Lipinski definition) is 3. The van der Waals surface area contributed by atoms with Gasteiger partial charge in [-0.1, -0.05) is 48.5 Å². The van der Waals surface area contributed by atoms with Crippen LogP contribution in [-0.2, 0) is 10.0 Å². The van der Waals surface area contributed by atoms with Gasteiger partial charge in [0.25, 0.3) is 0 Å². The zero-order valence-electron chi connectivity index (χ0n) is 12.0. The molecule has 0 saturated carbocycles. The number of nitrogens with one attached hydrogen (secondary N) is 2. The number of hydrogen-bond donors (Lipinski definition) is 2. The van der Waals surface area contributed by atoms with E-state index in [4.69, 9.17) is 0 Å². The second-order valence-corrected chi connectivity index (χ2v) is 6.45. The first-order valence-corrected chi connectivity index (χ1v) is 8.42. The van der Waals surface area contributed by atoms with Crippen LogP contribution in [0.15, 0.2) is 59.5 Å². The van der Waals surface area contributed by atoms with Gasteiger partial charge in [-0.3, -0.25) is 0 Å². The Balaban J connectivity index is 2.28. The van der Waals surface area contributed by atoms with Crippen molar-refractivity contribution in [2.45, 2.75) is 11.3 Å². The van der Waals surface area contributed by atoms with E-state index in [1.54, 1.807) is 12.1 Å². The second kappa shape index (κ2) is 7.36. The van der Waals surface area contributed by atoms with Crippen molar-refractivity contribution >= 4 is 10.0 Å². The van der Waals surface area contributed by atoms with Gasteiger partial charge in [-0.05, 0) is 31.6 Å². The summed E-state index contributed by atoms with van der Waals surface area (Å²) in [5, 5.41) is 3.00. The van der Waals surface area contributed by atoms with Crippen LogP contribution in [0.2, 0.25) is 0 Å². The Bertz CT molecular complexity index is 670. The highest BCUT2D eigenvalue weighted by Crippen LogP contribution is 2.26. The molecule has 0 bridgehead atoms. The first-order valence-electron chi connectivity index (χ1n) is 6.94. The lowest BCUT2D eigenvalue weighted by Crippen LogP contribution is -2.27. The molecule has 0 amide bonds. The molecule has 0 spiro atoms. The quantitative estimate of drug-likeness (QED) is 0.771. The highest BCUT2D eigenvalue weighted by atomic mass is 32.2. The number of sulfonamides is 1. The summed E-state index contributed by atoms with van der Waals surface area (Å²) in [6.07, 6.45) is 0.753. The Morgan fingerprint density at radius 3 is 2.29 bits per heavy atom. The van der Waals surface area contributed by atoms with Crippen LogP contribution in [0.3, 0.4) is 0 Å². The molecule has 21 heavy (non-hydrogen) atoms. The fourth-order valence-corrected chi connectivity index (χ4v) is 3.41. The summed E-state index contributed by atoms with van der Waals surface area (Å²) in [7, 11) is -1.65. The summed E-state index contributed by atoms with van der Waals surface area (Å²) in [6.45, 7) is 1.20. The molecule has 0 radical (unpaired) electrons. The van der Waals surface area contributed by atoms with E-state index < -0.39 is 10.0 Å². The largest absolute Gasteiger partial charge is 0.320 e. The van der Waals surface area contributed by atoms with Crippen LogP contribution in [0, 0.1) is 0 Å². The lowest BCUT2D eigenvalue weighted by Gasteiger charge is -2.11. The monoisotopic (exact) mass is 304 g/mol. The third-order valence-electron chi connectivity index (χ3n) is 3.16. The summed E-state index contributed by atoms with van der Waals surface area (Å²) in [5.74, 6) is 0. The van der Waals surface area contributed by atoms with Gasteiger partial charge in [0.2, 0.25) is 10.0 Å². The molecule has 4 nitrogen and oxygen atoms in total. The molecule has 0 heterocycles. The molecule has 2 N–H and O–H groups in total. The SMILES string of the molecule is CNCCCNS(=O)(=O)c1ccccc1-c1ccccc1. The van der Waals surface area contributed by atoms with E-state index in [1.807, 2.05) is 49.5 Å². The molecule has 0 unspecified atom stereocenters. The molecule has 0 fully saturated rings. The third kappa shape index (κ3) is 4.14. The van der Waals surface area contributed by atoms with Crippen molar-refractivity contribution in [1.29, 1.82) is 0 Å². The van der Waals surface area contributed by atoms with Crippen molar-refractivity contribution in [2.24, 2.45) is 0 Å². The van der Waals surface area contributed by atoms with Gasteiger partial charge in [0.1, 0.15) is 0 Å². The molecular formula is C16H20N2O2S. The third-order valence-corrected chi connectivity index (χ3v) is 4.68. The second-order valence-electron chi connectivity index (χ2n) is 4.72. The maximum atomic E-state index is 12.5. The molecular weight excluding hydrogens is 284 g/mol. The number of rotatable bonds is 7. The van der Waals surface area contributed by atoms with Gasteiger partial charge in [0.05, 0.1) is 4.90 Å². The molecule has 5 heteroatoms. The number of benzene rings is 2. The Labute approximate surface area is 126 Å². The van der Waals surface area contributed by atoms with Gasteiger partial charge in [0, 0.05) is 12.1 Å². The smallest absolute Gasteiger partial charge is 0.241 e. The van der Waals surface area contributed by atoms with Crippen molar-refractivity contribution in [3.8, 4) is 11.1 Å². The minimum absolute atomic E-state index is 0.320. The molecule has 2 aromatic carbocycles. The lowest BCUT2D eigenvalue weighted by atomic mass is 10.1. The first-order chi connectivity index (χ1) is 10.1. The van der Waals surface area contributed by atoms with Crippen LogP contribution >= 0.6 is 0 Å². The Kier molecular flexibility index (Phi) is 5.50. The summed E-state index contributed by atoms with van der Waals surface area (Å²) in [5.41, 5.74) is 1.62. The average Bonchev–Trinajstić information content (AvgIpc) is 2.52. The zero-order chi connectivity index (χ0) is 15.1. The fourth-order valence-electron chi connectivity index (χ4n) is 2.11. The summed E-state index contributed by atoms with van der Waals surface area (Å²) >= 11 is 0. The first kappa shape index (κ1) is 15.7. The van der Waals surface area contributed by atoms with Gasteiger partial charge in [0.15, 0.2) is 0 Å². The maximum absolute atomic E-state index is 12.5. The van der Waals surface area contributed by atoms with Gasteiger partial charge < -0.3 is 5.32 Å². The highest BCUT2D eigenvalue weighted by Gasteiger charge is 2.18. The van der Waals surface area contributed by atoms with Gasteiger partial charge in [-0.25, -0.2) is 13.1 Å².